The van der Waals surface area contributed by atoms with Gasteiger partial charge in [0.05, 0.1) is 52.9 Å². The van der Waals surface area contributed by atoms with Gasteiger partial charge in [0.1, 0.15) is 0 Å². The van der Waals surface area contributed by atoms with Crippen molar-refractivity contribution in [2.45, 2.75) is 59.2 Å². The Morgan fingerprint density at radius 2 is 0.800 bits per heavy atom. The third-order valence-corrected chi connectivity index (χ3v) is 6.89. The smallest absolute Gasteiger partial charge is 0.0597 e. The van der Waals surface area contributed by atoms with Crippen LogP contribution in [0.2, 0.25) is 0 Å². The topological polar surface area (TPSA) is 36.9 Å². The van der Waals surface area contributed by atoms with Crippen molar-refractivity contribution in [2.75, 3.05) is 64.4 Å². The third kappa shape index (κ3) is 21.8. The maximum Gasteiger partial charge on any atom is 0.0597 e. The molecule has 4 nitrogen and oxygen atoms in total. The molecule has 0 bridgehead atoms. The number of rotatable bonds is 21. The van der Waals surface area contributed by atoms with Crippen LogP contribution in [0.3, 0.4) is 0 Å². The molecule has 0 aromatic rings. The van der Waals surface area contributed by atoms with E-state index in [1.165, 1.54) is 0 Å². The van der Waals surface area contributed by atoms with E-state index in [1.54, 1.807) is 0 Å². The molecule has 0 aromatic carbocycles. The predicted molar refractivity (Wildman–Crippen MR) is 150 cm³/mol. The van der Waals surface area contributed by atoms with Crippen LogP contribution in [0.4, 0.5) is 0 Å². The Bertz CT molecular complexity index is 341. The van der Waals surface area contributed by atoms with Crippen LogP contribution in [0.25, 0.3) is 0 Å². The van der Waals surface area contributed by atoms with E-state index < -0.39 is 0 Å². The van der Waals surface area contributed by atoms with Crippen molar-refractivity contribution in [3.8, 4) is 0 Å². The maximum absolute atomic E-state index is 5.94. The summed E-state index contributed by atoms with van der Waals surface area (Å²) in [5.74, 6) is 1.83. The Labute approximate surface area is 215 Å². The van der Waals surface area contributed by atoms with Gasteiger partial charge in [-0.1, -0.05) is 27.7 Å². The highest BCUT2D eigenvalue weighted by Crippen LogP contribution is 2.26. The molecule has 0 rings (SSSR count). The molecule has 30 heavy (non-hydrogen) atoms. The molecule has 0 amide bonds. The lowest BCUT2D eigenvalue weighted by Gasteiger charge is -2.27. The first kappa shape index (κ1) is 31.9. The van der Waals surface area contributed by atoms with Crippen LogP contribution in [-0.4, -0.2) is 95.9 Å². The van der Waals surface area contributed by atoms with Crippen LogP contribution in [0.15, 0.2) is 0 Å². The van der Waals surface area contributed by atoms with E-state index in [1.807, 2.05) is 51.2 Å². The van der Waals surface area contributed by atoms with E-state index in [-0.39, 0.29) is 21.0 Å². The Morgan fingerprint density at radius 3 is 1.10 bits per heavy atom. The van der Waals surface area contributed by atoms with Gasteiger partial charge < -0.3 is 18.9 Å². The average molecular weight is 539 g/mol. The molecule has 0 heterocycles. The van der Waals surface area contributed by atoms with E-state index >= 15 is 0 Å². The van der Waals surface area contributed by atoms with Crippen molar-refractivity contribution < 1.29 is 18.9 Å². The van der Waals surface area contributed by atoms with Gasteiger partial charge in [-0.25, -0.2) is 0 Å². The Balaban J connectivity index is 4.70. The number of hydrogen-bond donors (Lipinski definition) is 4. The molecule has 0 aromatic heterocycles. The fraction of sp³-hybridized carbons (Fsp3) is 1.00. The second kappa shape index (κ2) is 21.5. The standard InChI is InChI=1S/C20H42O4S6/c1-15(25)9-21-5-7-29-19(13-23-11-17(3)27)20(14-24-12-18(4)28)30-8-6-22-10-16(2)26/h15-20,25-28H,5-14H2,1-4H3. The Morgan fingerprint density at radius 1 is 0.500 bits per heavy atom. The van der Waals surface area contributed by atoms with Crippen molar-refractivity contribution in [1.29, 1.82) is 0 Å². The molecule has 0 radical (unpaired) electrons. The fourth-order valence-electron chi connectivity index (χ4n) is 2.26. The zero-order chi connectivity index (χ0) is 22.8. The molecule has 0 aliphatic rings. The van der Waals surface area contributed by atoms with E-state index in [2.05, 4.69) is 50.5 Å². The minimum absolute atomic E-state index is 0.222. The summed E-state index contributed by atoms with van der Waals surface area (Å²) in [6.45, 7) is 13.5. The van der Waals surface area contributed by atoms with Crippen LogP contribution in [0, 0.1) is 0 Å². The van der Waals surface area contributed by atoms with E-state index in [4.69, 9.17) is 18.9 Å². The summed E-state index contributed by atoms with van der Waals surface area (Å²) in [6, 6.07) is 0. The monoisotopic (exact) mass is 538 g/mol. The molecular weight excluding hydrogens is 497 g/mol. The summed E-state index contributed by atoms with van der Waals surface area (Å²) >= 11 is 21.3. The minimum atomic E-state index is 0.222. The highest BCUT2D eigenvalue weighted by atomic mass is 32.2. The second-order valence-electron chi connectivity index (χ2n) is 7.44. The van der Waals surface area contributed by atoms with Gasteiger partial charge in [-0.2, -0.15) is 74.0 Å². The quantitative estimate of drug-likeness (QED) is 0.127. The van der Waals surface area contributed by atoms with Crippen LogP contribution in [0.1, 0.15) is 27.7 Å². The van der Waals surface area contributed by atoms with Gasteiger partial charge in [0.15, 0.2) is 0 Å². The number of hydrogen-bond acceptors (Lipinski definition) is 10. The summed E-state index contributed by atoms with van der Waals surface area (Å²) in [5.41, 5.74) is 0. The van der Waals surface area contributed by atoms with Gasteiger partial charge in [0.25, 0.3) is 0 Å². The highest BCUT2D eigenvalue weighted by molar-refractivity contribution is 8.03. The lowest BCUT2D eigenvalue weighted by molar-refractivity contribution is 0.112. The molecule has 10 heteroatoms. The second-order valence-corrected chi connectivity index (χ2v) is 13.7. The molecule has 0 aliphatic heterocycles. The summed E-state index contributed by atoms with van der Waals surface area (Å²) in [7, 11) is 0. The van der Waals surface area contributed by atoms with Crippen LogP contribution < -0.4 is 0 Å². The number of thiol groups is 4. The van der Waals surface area contributed by atoms with Crippen molar-refractivity contribution in [3.63, 3.8) is 0 Å². The lowest BCUT2D eigenvalue weighted by Crippen LogP contribution is -2.32. The largest absolute Gasteiger partial charge is 0.379 e. The van der Waals surface area contributed by atoms with Gasteiger partial charge in [-0.05, 0) is 0 Å². The van der Waals surface area contributed by atoms with Crippen LogP contribution >= 0.6 is 74.0 Å². The molecule has 0 saturated carbocycles. The molecule has 0 saturated heterocycles. The first-order valence-electron chi connectivity index (χ1n) is 10.5. The molecule has 6 atom stereocenters. The Kier molecular flexibility index (Phi) is 22.9. The zero-order valence-electron chi connectivity index (χ0n) is 18.8. The highest BCUT2D eigenvalue weighted by Gasteiger charge is 2.24. The van der Waals surface area contributed by atoms with Gasteiger partial charge in [-0.15, -0.1) is 0 Å². The first-order chi connectivity index (χ1) is 14.2. The summed E-state index contributed by atoms with van der Waals surface area (Å²) in [6.07, 6.45) is 0. The molecule has 182 valence electrons. The van der Waals surface area contributed by atoms with Crippen molar-refractivity contribution in [2.24, 2.45) is 0 Å². The fourth-order valence-corrected chi connectivity index (χ4v) is 5.16. The van der Waals surface area contributed by atoms with E-state index in [0.29, 0.717) is 63.4 Å². The summed E-state index contributed by atoms with van der Waals surface area (Å²) in [5, 5.41) is 1.56. The van der Waals surface area contributed by atoms with Crippen LogP contribution in [0.5, 0.6) is 0 Å². The predicted octanol–water partition coefficient (Wildman–Crippen LogP) is 4.53. The van der Waals surface area contributed by atoms with Crippen molar-refractivity contribution in [1.82, 2.24) is 0 Å². The Hall–Kier alpha value is 1.94. The van der Waals surface area contributed by atoms with Gasteiger partial charge in [-0.3, -0.25) is 0 Å². The summed E-state index contributed by atoms with van der Waals surface area (Å²) in [4.78, 5) is 0. The summed E-state index contributed by atoms with van der Waals surface area (Å²) < 4.78 is 23.3. The van der Waals surface area contributed by atoms with E-state index in [0.717, 1.165) is 11.5 Å². The van der Waals surface area contributed by atoms with Gasteiger partial charge >= 0.3 is 0 Å². The number of ether oxygens (including phenoxy) is 4. The molecule has 0 spiro atoms. The normalized spacial score (nSPS) is 18.0. The van der Waals surface area contributed by atoms with Crippen LogP contribution in [-0.2, 0) is 18.9 Å². The molecule has 0 N–H and O–H groups in total. The van der Waals surface area contributed by atoms with Crippen molar-refractivity contribution in [3.05, 3.63) is 0 Å². The lowest BCUT2D eigenvalue weighted by atomic mass is 10.3. The molecule has 0 aliphatic carbocycles. The van der Waals surface area contributed by atoms with Gasteiger partial charge in [0, 0.05) is 43.0 Å². The SMILES string of the molecule is CC(S)COCCSC(COCC(C)S)C(COCC(C)S)SCCOCC(C)S. The molecule has 6 unspecified atom stereocenters. The minimum Gasteiger partial charge on any atom is -0.379 e. The van der Waals surface area contributed by atoms with E-state index in [9.17, 15) is 0 Å². The third-order valence-electron chi connectivity index (χ3n) is 3.53. The zero-order valence-corrected chi connectivity index (χ0v) is 24.0. The number of thioether (sulfide) groups is 2. The molecule has 0 fully saturated rings. The maximum atomic E-state index is 5.94. The van der Waals surface area contributed by atoms with Gasteiger partial charge in [0.2, 0.25) is 0 Å². The first-order valence-corrected chi connectivity index (χ1v) is 14.6. The molecular formula is C20H42O4S6. The average Bonchev–Trinajstić information content (AvgIpc) is 2.63. The van der Waals surface area contributed by atoms with Crippen molar-refractivity contribution >= 4 is 74.0 Å².